The number of carbonyl (C=O) groups excluding carboxylic acids is 1. The van der Waals surface area contributed by atoms with Crippen molar-refractivity contribution in [3.63, 3.8) is 0 Å². The van der Waals surface area contributed by atoms with E-state index in [4.69, 9.17) is 0 Å². The number of hydrogen-bond donors (Lipinski definition) is 2. The van der Waals surface area contributed by atoms with Crippen LogP contribution in [0.4, 0.5) is 0 Å². The van der Waals surface area contributed by atoms with E-state index >= 15 is 0 Å². The molecule has 0 radical (unpaired) electrons. The summed E-state index contributed by atoms with van der Waals surface area (Å²) >= 11 is 1.60. The van der Waals surface area contributed by atoms with Crippen LogP contribution in [0.5, 0.6) is 0 Å². The third kappa shape index (κ3) is 3.95. The van der Waals surface area contributed by atoms with Gasteiger partial charge in [-0.1, -0.05) is 30.3 Å². The molecule has 1 aromatic heterocycles. The molecule has 1 aromatic carbocycles. The molecule has 2 rings (SSSR count). The van der Waals surface area contributed by atoms with Gasteiger partial charge >= 0.3 is 5.97 Å². The van der Waals surface area contributed by atoms with Crippen molar-refractivity contribution in [1.29, 1.82) is 0 Å². The van der Waals surface area contributed by atoms with E-state index in [1.807, 2.05) is 22.9 Å². The van der Waals surface area contributed by atoms with Crippen LogP contribution in [0.15, 0.2) is 47.2 Å². The fraction of sp³-hybridized carbons (Fsp3) is 0.294. The van der Waals surface area contributed by atoms with E-state index in [9.17, 15) is 14.7 Å². The lowest BCUT2D eigenvalue weighted by atomic mass is 9.82. The number of carboxylic acid groups (broad SMARTS) is 1. The van der Waals surface area contributed by atoms with Gasteiger partial charge < -0.3 is 10.4 Å². The van der Waals surface area contributed by atoms with Crippen molar-refractivity contribution in [1.82, 2.24) is 5.32 Å². The Morgan fingerprint density at radius 1 is 1.23 bits per heavy atom. The molecule has 2 N–H and O–H groups in total. The highest BCUT2D eigenvalue weighted by molar-refractivity contribution is 7.07. The van der Waals surface area contributed by atoms with Gasteiger partial charge in [-0.25, -0.2) is 0 Å². The topological polar surface area (TPSA) is 66.4 Å². The van der Waals surface area contributed by atoms with Gasteiger partial charge in [0.15, 0.2) is 0 Å². The second-order valence-corrected chi connectivity index (χ2v) is 6.19. The minimum Gasteiger partial charge on any atom is -0.481 e. The molecule has 5 heteroatoms. The molecule has 0 bridgehead atoms. The first kappa shape index (κ1) is 16.2. The minimum absolute atomic E-state index is 0.0782. The lowest BCUT2D eigenvalue weighted by molar-refractivity contribution is -0.143. The standard InChI is InChI=1S/C17H19NO3S/c1-17(16(20)21,14-5-3-2-4-6-14)12-18-15(19)8-7-13-9-10-22-11-13/h2-6,9-11H,7-8,12H2,1H3,(H,18,19)(H,20,21). The number of amides is 1. The maximum absolute atomic E-state index is 11.9. The van der Waals surface area contributed by atoms with Crippen LogP contribution in [-0.4, -0.2) is 23.5 Å². The highest BCUT2D eigenvalue weighted by Crippen LogP contribution is 2.23. The van der Waals surface area contributed by atoms with Gasteiger partial charge in [0.05, 0.1) is 0 Å². The Labute approximate surface area is 133 Å². The molecule has 2 aromatic rings. The van der Waals surface area contributed by atoms with Crippen molar-refractivity contribution in [3.05, 3.63) is 58.3 Å². The first-order valence-electron chi connectivity index (χ1n) is 7.09. The Balaban J connectivity index is 1.94. The third-order valence-corrected chi connectivity index (χ3v) is 4.47. The number of hydrogen-bond acceptors (Lipinski definition) is 3. The van der Waals surface area contributed by atoms with Crippen molar-refractivity contribution >= 4 is 23.2 Å². The van der Waals surface area contributed by atoms with E-state index in [1.54, 1.807) is 42.5 Å². The van der Waals surface area contributed by atoms with Gasteiger partial charge in [0.2, 0.25) is 5.91 Å². The van der Waals surface area contributed by atoms with E-state index in [0.29, 0.717) is 18.4 Å². The fourth-order valence-electron chi connectivity index (χ4n) is 2.16. The second kappa shape index (κ2) is 7.22. The van der Waals surface area contributed by atoms with Gasteiger partial charge in [-0.15, -0.1) is 0 Å². The molecule has 0 fully saturated rings. The van der Waals surface area contributed by atoms with E-state index in [2.05, 4.69) is 5.32 Å². The maximum atomic E-state index is 11.9. The summed E-state index contributed by atoms with van der Waals surface area (Å²) in [5.41, 5.74) is 0.684. The van der Waals surface area contributed by atoms with Gasteiger partial charge in [0, 0.05) is 13.0 Å². The van der Waals surface area contributed by atoms with Crippen molar-refractivity contribution in [2.45, 2.75) is 25.2 Å². The van der Waals surface area contributed by atoms with Gasteiger partial charge in [-0.3, -0.25) is 9.59 Å². The molecule has 1 heterocycles. The third-order valence-electron chi connectivity index (χ3n) is 3.74. The SMILES string of the molecule is CC(CNC(=O)CCc1ccsc1)(C(=O)O)c1ccccc1. The summed E-state index contributed by atoms with van der Waals surface area (Å²) in [6.07, 6.45) is 1.03. The molecular formula is C17H19NO3S. The number of aliphatic carboxylic acids is 1. The van der Waals surface area contributed by atoms with E-state index in [-0.39, 0.29) is 12.5 Å². The van der Waals surface area contributed by atoms with Crippen LogP contribution in [0.1, 0.15) is 24.5 Å². The minimum atomic E-state index is -1.13. The molecule has 1 unspecified atom stereocenters. The molecule has 0 aliphatic carbocycles. The molecule has 0 aliphatic rings. The van der Waals surface area contributed by atoms with Crippen LogP contribution in [-0.2, 0) is 21.4 Å². The van der Waals surface area contributed by atoms with Crippen LogP contribution in [0, 0.1) is 0 Å². The largest absolute Gasteiger partial charge is 0.481 e. The molecule has 1 amide bonds. The Morgan fingerprint density at radius 2 is 1.95 bits per heavy atom. The number of carbonyl (C=O) groups is 2. The summed E-state index contributed by atoms with van der Waals surface area (Å²) in [7, 11) is 0. The molecular weight excluding hydrogens is 298 g/mol. The smallest absolute Gasteiger partial charge is 0.315 e. The quantitative estimate of drug-likeness (QED) is 0.825. The van der Waals surface area contributed by atoms with Crippen molar-refractivity contribution in [2.24, 2.45) is 0 Å². The molecule has 0 spiro atoms. The number of benzene rings is 1. The van der Waals surface area contributed by atoms with Crippen molar-refractivity contribution in [2.75, 3.05) is 6.54 Å². The number of rotatable bonds is 7. The molecule has 1 atom stereocenters. The van der Waals surface area contributed by atoms with Crippen LogP contribution in [0.2, 0.25) is 0 Å². The first-order valence-corrected chi connectivity index (χ1v) is 8.03. The lowest BCUT2D eigenvalue weighted by Gasteiger charge is -2.25. The Bertz CT molecular complexity index is 625. The molecule has 0 aliphatic heterocycles. The summed E-state index contributed by atoms with van der Waals surface area (Å²) in [6, 6.07) is 11.0. The Kier molecular flexibility index (Phi) is 5.33. The van der Waals surface area contributed by atoms with Crippen molar-refractivity contribution in [3.8, 4) is 0 Å². The van der Waals surface area contributed by atoms with E-state index in [0.717, 1.165) is 5.56 Å². The summed E-state index contributed by atoms with van der Waals surface area (Å²) in [5.74, 6) is -1.08. The van der Waals surface area contributed by atoms with Crippen LogP contribution < -0.4 is 5.32 Å². The fourth-order valence-corrected chi connectivity index (χ4v) is 2.87. The summed E-state index contributed by atoms with van der Waals surface area (Å²) in [6.45, 7) is 1.71. The van der Waals surface area contributed by atoms with Crippen molar-refractivity contribution < 1.29 is 14.7 Å². The summed E-state index contributed by atoms with van der Waals surface area (Å²) < 4.78 is 0. The molecule has 0 saturated heterocycles. The Hall–Kier alpha value is -2.14. The second-order valence-electron chi connectivity index (χ2n) is 5.41. The average Bonchev–Trinajstić information content (AvgIpc) is 3.04. The van der Waals surface area contributed by atoms with E-state index < -0.39 is 11.4 Å². The highest BCUT2D eigenvalue weighted by Gasteiger charge is 2.35. The zero-order valence-corrected chi connectivity index (χ0v) is 13.2. The first-order chi connectivity index (χ1) is 10.5. The molecule has 116 valence electrons. The van der Waals surface area contributed by atoms with Crippen LogP contribution in [0.25, 0.3) is 0 Å². The van der Waals surface area contributed by atoms with E-state index in [1.165, 1.54) is 0 Å². The molecule has 4 nitrogen and oxygen atoms in total. The van der Waals surface area contributed by atoms with Gasteiger partial charge in [-0.2, -0.15) is 11.3 Å². The number of aryl methyl sites for hydroxylation is 1. The van der Waals surface area contributed by atoms with Gasteiger partial charge in [0.25, 0.3) is 0 Å². The summed E-state index contributed by atoms with van der Waals surface area (Å²) in [4.78, 5) is 23.6. The predicted molar refractivity (Wildman–Crippen MR) is 87.1 cm³/mol. The van der Waals surface area contributed by atoms with Gasteiger partial charge in [-0.05, 0) is 41.3 Å². The lowest BCUT2D eigenvalue weighted by Crippen LogP contribution is -2.44. The average molecular weight is 317 g/mol. The number of thiophene rings is 1. The van der Waals surface area contributed by atoms with Gasteiger partial charge in [0.1, 0.15) is 5.41 Å². The normalized spacial score (nSPS) is 13.3. The van der Waals surface area contributed by atoms with Crippen LogP contribution in [0.3, 0.4) is 0 Å². The van der Waals surface area contributed by atoms with Crippen LogP contribution >= 0.6 is 11.3 Å². The number of carboxylic acids is 1. The highest BCUT2D eigenvalue weighted by atomic mass is 32.1. The molecule has 22 heavy (non-hydrogen) atoms. The maximum Gasteiger partial charge on any atom is 0.315 e. The predicted octanol–water partition coefficient (Wildman–Crippen LogP) is 2.84. The Morgan fingerprint density at radius 3 is 2.55 bits per heavy atom. The zero-order valence-electron chi connectivity index (χ0n) is 12.4. The molecule has 0 saturated carbocycles. The zero-order chi connectivity index (χ0) is 16.0. The summed E-state index contributed by atoms with van der Waals surface area (Å²) in [5, 5.41) is 16.3. The monoisotopic (exact) mass is 317 g/mol. The number of nitrogens with one attached hydrogen (secondary N) is 1.